The largest absolute Gasteiger partial charge is 0.462 e. The third-order valence-electron chi connectivity index (χ3n) is 10.3. The summed E-state index contributed by atoms with van der Waals surface area (Å²) in [5.41, 5.74) is 0. The van der Waals surface area contributed by atoms with Crippen molar-refractivity contribution >= 4 is 11.9 Å². The summed E-state index contributed by atoms with van der Waals surface area (Å²) in [6, 6.07) is -0.701. The third-order valence-corrected chi connectivity index (χ3v) is 10.3. The minimum Gasteiger partial charge on any atom is -0.462 e. The van der Waals surface area contributed by atoms with Gasteiger partial charge in [0.2, 0.25) is 5.91 Å². The van der Waals surface area contributed by atoms with E-state index in [9.17, 15) is 19.8 Å². The summed E-state index contributed by atoms with van der Waals surface area (Å²) < 4.78 is 5.88. The lowest BCUT2D eigenvalue weighted by molar-refractivity contribution is -0.151. The molecule has 0 saturated carbocycles. The Kier molecular flexibility index (Phi) is 39.2. The van der Waals surface area contributed by atoms with Crippen molar-refractivity contribution < 1.29 is 24.5 Å². The number of hydrogen-bond acceptors (Lipinski definition) is 5. The number of aliphatic hydroxyl groups excluding tert-OH is 2. The van der Waals surface area contributed by atoms with E-state index >= 15 is 0 Å². The summed E-state index contributed by atoms with van der Waals surface area (Å²) in [7, 11) is 0. The van der Waals surface area contributed by atoms with Gasteiger partial charge in [-0.3, -0.25) is 9.59 Å². The van der Waals surface area contributed by atoms with Gasteiger partial charge in [-0.2, -0.15) is 0 Å². The molecule has 6 nitrogen and oxygen atoms in total. The lowest BCUT2D eigenvalue weighted by Crippen LogP contribution is -2.46. The van der Waals surface area contributed by atoms with Crippen LogP contribution in [0.3, 0.4) is 0 Å². The molecule has 0 aliphatic rings. The quantitative estimate of drug-likeness (QED) is 0.0331. The molecule has 0 saturated heterocycles. The molecular weight excluding hydrogens is 647 g/mol. The summed E-state index contributed by atoms with van der Waals surface area (Å²) in [5.74, 6) is -0.491. The first-order valence-electron chi connectivity index (χ1n) is 22.6. The molecule has 0 aliphatic heterocycles. The van der Waals surface area contributed by atoms with Crippen molar-refractivity contribution in [1.82, 2.24) is 5.32 Å². The van der Waals surface area contributed by atoms with Gasteiger partial charge in [-0.05, 0) is 51.4 Å². The van der Waals surface area contributed by atoms with E-state index in [2.05, 4.69) is 50.4 Å². The Morgan fingerprint density at radius 2 is 0.962 bits per heavy atom. The Balaban J connectivity index is 4.61. The molecule has 0 spiro atoms. The van der Waals surface area contributed by atoms with Gasteiger partial charge in [0, 0.05) is 6.42 Å². The molecule has 52 heavy (non-hydrogen) atoms. The van der Waals surface area contributed by atoms with E-state index in [1.165, 1.54) is 109 Å². The van der Waals surface area contributed by atoms with E-state index in [1.807, 2.05) is 0 Å². The Hall–Kier alpha value is -1.66. The smallest absolute Gasteiger partial charge is 0.306 e. The molecule has 0 aromatic carbocycles. The second-order valence-electron chi connectivity index (χ2n) is 15.5. The highest BCUT2D eigenvalue weighted by molar-refractivity contribution is 5.77. The zero-order valence-corrected chi connectivity index (χ0v) is 34.7. The van der Waals surface area contributed by atoms with Crippen LogP contribution < -0.4 is 5.32 Å². The maximum atomic E-state index is 13.1. The lowest BCUT2D eigenvalue weighted by atomic mass is 10.0. The number of amides is 1. The van der Waals surface area contributed by atoms with Gasteiger partial charge in [-0.15, -0.1) is 0 Å². The van der Waals surface area contributed by atoms with Crippen molar-refractivity contribution in [1.29, 1.82) is 0 Å². The minimum absolute atomic E-state index is 0.0679. The molecule has 6 heteroatoms. The second kappa shape index (κ2) is 40.5. The highest BCUT2D eigenvalue weighted by Crippen LogP contribution is 2.17. The molecule has 0 aromatic heterocycles. The van der Waals surface area contributed by atoms with Crippen LogP contribution in [0.5, 0.6) is 0 Å². The average Bonchev–Trinajstić information content (AvgIpc) is 3.13. The molecule has 3 atom stereocenters. The van der Waals surface area contributed by atoms with Crippen molar-refractivity contribution in [2.45, 2.75) is 251 Å². The van der Waals surface area contributed by atoms with E-state index in [0.29, 0.717) is 19.3 Å². The van der Waals surface area contributed by atoms with Gasteiger partial charge in [0.05, 0.1) is 25.2 Å². The van der Waals surface area contributed by atoms with E-state index in [0.717, 1.165) is 77.0 Å². The highest BCUT2D eigenvalue weighted by atomic mass is 16.5. The van der Waals surface area contributed by atoms with Gasteiger partial charge in [0.15, 0.2) is 0 Å². The summed E-state index contributed by atoms with van der Waals surface area (Å²) in [4.78, 5) is 25.9. The molecule has 306 valence electrons. The molecule has 3 unspecified atom stereocenters. The fourth-order valence-corrected chi connectivity index (χ4v) is 6.83. The van der Waals surface area contributed by atoms with Crippen molar-refractivity contribution in [3.63, 3.8) is 0 Å². The summed E-state index contributed by atoms with van der Waals surface area (Å²) in [6.07, 6.45) is 43.8. The van der Waals surface area contributed by atoms with E-state index in [-0.39, 0.29) is 24.9 Å². The van der Waals surface area contributed by atoms with Gasteiger partial charge in [-0.1, -0.05) is 193 Å². The predicted molar refractivity (Wildman–Crippen MR) is 223 cm³/mol. The molecule has 0 heterocycles. The van der Waals surface area contributed by atoms with Crippen LogP contribution in [0.2, 0.25) is 0 Å². The predicted octanol–water partition coefficient (Wildman–Crippen LogP) is 12.8. The van der Waals surface area contributed by atoms with E-state index < -0.39 is 18.2 Å². The van der Waals surface area contributed by atoms with Crippen molar-refractivity contribution in [3.05, 3.63) is 24.3 Å². The number of carbonyl (C=O) groups is 2. The highest BCUT2D eigenvalue weighted by Gasteiger charge is 2.24. The fraction of sp³-hybridized carbons (Fsp3) is 0.870. The maximum absolute atomic E-state index is 13.1. The number of hydrogen-bond donors (Lipinski definition) is 3. The minimum atomic E-state index is -0.786. The number of nitrogens with one attached hydrogen (secondary N) is 1. The molecule has 0 aliphatic carbocycles. The van der Waals surface area contributed by atoms with Crippen LogP contribution in [0.4, 0.5) is 0 Å². The van der Waals surface area contributed by atoms with Crippen LogP contribution in [0.1, 0.15) is 233 Å². The maximum Gasteiger partial charge on any atom is 0.306 e. The molecular formula is C46H87NO5. The van der Waals surface area contributed by atoms with Crippen LogP contribution >= 0.6 is 0 Å². The molecule has 0 rings (SSSR count). The third kappa shape index (κ3) is 35.4. The first-order chi connectivity index (χ1) is 25.5. The van der Waals surface area contributed by atoms with Crippen LogP contribution in [-0.4, -0.2) is 46.9 Å². The molecule has 0 bridgehead atoms. The normalized spacial score (nSPS) is 13.6. The Morgan fingerprint density at radius 3 is 1.46 bits per heavy atom. The van der Waals surface area contributed by atoms with E-state index in [4.69, 9.17) is 4.74 Å². The number of carbonyl (C=O) groups excluding carboxylic acids is 2. The monoisotopic (exact) mass is 734 g/mol. The number of unbranched alkanes of at least 4 members (excludes halogenated alkanes) is 25. The van der Waals surface area contributed by atoms with E-state index in [1.54, 1.807) is 0 Å². The number of ether oxygens (including phenoxy) is 1. The number of aliphatic hydroxyl groups is 2. The average molecular weight is 734 g/mol. The SMILES string of the molecule is CCCCC/C=C/C=C/CCCCCCC(CC(=O)NC(CO)C(O)CCCCCCCCCCCCC)OC(=O)CCCCCCCCCCC. The summed E-state index contributed by atoms with van der Waals surface area (Å²) in [5, 5.41) is 23.6. The van der Waals surface area contributed by atoms with Crippen LogP contribution in [0, 0.1) is 0 Å². The van der Waals surface area contributed by atoms with Gasteiger partial charge in [-0.25, -0.2) is 0 Å². The molecule has 0 radical (unpaired) electrons. The van der Waals surface area contributed by atoms with Gasteiger partial charge in [0.25, 0.3) is 0 Å². The Morgan fingerprint density at radius 1 is 0.558 bits per heavy atom. The van der Waals surface area contributed by atoms with Crippen LogP contribution in [0.15, 0.2) is 24.3 Å². The van der Waals surface area contributed by atoms with Crippen LogP contribution in [-0.2, 0) is 14.3 Å². The Bertz CT molecular complexity index is 828. The van der Waals surface area contributed by atoms with Gasteiger partial charge >= 0.3 is 5.97 Å². The van der Waals surface area contributed by atoms with Gasteiger partial charge in [0.1, 0.15) is 6.10 Å². The topological polar surface area (TPSA) is 95.9 Å². The zero-order valence-electron chi connectivity index (χ0n) is 34.7. The molecule has 0 fully saturated rings. The number of esters is 1. The molecule has 3 N–H and O–H groups in total. The molecule has 1 amide bonds. The second-order valence-corrected chi connectivity index (χ2v) is 15.5. The summed E-state index contributed by atoms with van der Waals surface area (Å²) in [6.45, 7) is 6.41. The first-order valence-corrected chi connectivity index (χ1v) is 22.6. The first kappa shape index (κ1) is 50.3. The van der Waals surface area contributed by atoms with Gasteiger partial charge < -0.3 is 20.3 Å². The van der Waals surface area contributed by atoms with Crippen molar-refractivity contribution in [3.8, 4) is 0 Å². The standard InChI is InChI=1S/C46H87NO5/c1-4-7-10-13-16-19-21-22-24-26-28-31-34-37-42(52-46(51)39-36-33-30-25-18-15-12-9-6-3)40-45(50)47-43(41-48)44(49)38-35-32-29-27-23-20-17-14-11-8-5-2/h16,19,21-22,42-44,48-49H,4-15,17-18,20,23-41H2,1-3H3,(H,47,50)/b19-16+,22-21+. The lowest BCUT2D eigenvalue weighted by Gasteiger charge is -2.24. The fourth-order valence-electron chi connectivity index (χ4n) is 6.83. The van der Waals surface area contributed by atoms with Crippen LogP contribution in [0.25, 0.3) is 0 Å². The number of rotatable bonds is 40. The van der Waals surface area contributed by atoms with Crippen molar-refractivity contribution in [2.24, 2.45) is 0 Å². The number of allylic oxidation sites excluding steroid dienone is 4. The summed E-state index contributed by atoms with van der Waals surface area (Å²) >= 11 is 0. The zero-order chi connectivity index (χ0) is 38.2. The molecule has 0 aromatic rings. The Labute approximate surface area is 322 Å². The van der Waals surface area contributed by atoms with Crippen molar-refractivity contribution in [2.75, 3.05) is 6.61 Å².